The van der Waals surface area contributed by atoms with Crippen LogP contribution in [0.15, 0.2) is 60.3 Å². The number of hydrogen-bond donors (Lipinski definition) is 1. The lowest BCUT2D eigenvalue weighted by Crippen LogP contribution is -2.44. The third-order valence-corrected chi connectivity index (χ3v) is 4.33. The minimum absolute atomic E-state index is 0.211. The molecule has 0 spiro atoms. The van der Waals surface area contributed by atoms with Gasteiger partial charge < -0.3 is 19.7 Å². The van der Waals surface area contributed by atoms with E-state index in [0.29, 0.717) is 44.2 Å². The van der Waals surface area contributed by atoms with Crippen LogP contribution in [-0.2, 0) is 9.53 Å². The van der Waals surface area contributed by atoms with E-state index in [4.69, 9.17) is 9.47 Å². The van der Waals surface area contributed by atoms with E-state index in [2.05, 4.69) is 5.32 Å². The molecule has 1 N–H and O–H groups in total. The predicted molar refractivity (Wildman–Crippen MR) is 107 cm³/mol. The smallest absolute Gasteiger partial charge is 0.270 e. The molecule has 2 aromatic carbocycles. The van der Waals surface area contributed by atoms with Gasteiger partial charge in [-0.15, -0.1) is 0 Å². The lowest BCUT2D eigenvalue weighted by Gasteiger charge is -2.28. The second-order valence-electron chi connectivity index (χ2n) is 6.25. The van der Waals surface area contributed by atoms with Gasteiger partial charge in [-0.1, -0.05) is 36.4 Å². The van der Waals surface area contributed by atoms with Gasteiger partial charge in [-0.3, -0.25) is 9.59 Å². The van der Waals surface area contributed by atoms with Crippen LogP contribution in [0.1, 0.15) is 22.8 Å². The van der Waals surface area contributed by atoms with Crippen LogP contribution in [0, 0.1) is 0 Å². The molecule has 0 radical (unpaired) electrons. The molecule has 6 nitrogen and oxygen atoms in total. The molecule has 6 heteroatoms. The summed E-state index contributed by atoms with van der Waals surface area (Å²) in [4.78, 5) is 27.4. The normalized spacial score (nSPS) is 14.5. The van der Waals surface area contributed by atoms with Gasteiger partial charge in [0.05, 0.1) is 19.8 Å². The highest BCUT2D eigenvalue weighted by molar-refractivity contribution is 6.05. The highest BCUT2D eigenvalue weighted by Crippen LogP contribution is 2.21. The molecule has 1 aliphatic heterocycles. The van der Waals surface area contributed by atoms with Crippen LogP contribution in [0.3, 0.4) is 0 Å². The Hall–Kier alpha value is -3.12. The number of carbonyl (C=O) groups excluding carboxylic acids is 2. The first-order valence-electron chi connectivity index (χ1n) is 9.36. The monoisotopic (exact) mass is 380 g/mol. The third-order valence-electron chi connectivity index (χ3n) is 4.33. The van der Waals surface area contributed by atoms with Gasteiger partial charge in [0.15, 0.2) is 0 Å². The van der Waals surface area contributed by atoms with Crippen molar-refractivity contribution < 1.29 is 19.1 Å². The van der Waals surface area contributed by atoms with Gasteiger partial charge in [0.2, 0.25) is 0 Å². The van der Waals surface area contributed by atoms with E-state index in [1.807, 2.05) is 37.3 Å². The average Bonchev–Trinajstić information content (AvgIpc) is 2.75. The van der Waals surface area contributed by atoms with Gasteiger partial charge in [-0.2, -0.15) is 0 Å². The molecule has 1 fully saturated rings. The lowest BCUT2D eigenvalue weighted by atomic mass is 10.1. The average molecular weight is 380 g/mol. The van der Waals surface area contributed by atoms with Crippen LogP contribution in [0.25, 0.3) is 6.08 Å². The maximum atomic E-state index is 13.1. The Morgan fingerprint density at radius 2 is 1.75 bits per heavy atom. The minimum atomic E-state index is -0.331. The fourth-order valence-corrected chi connectivity index (χ4v) is 2.91. The number of ether oxygens (including phenoxy) is 2. The highest BCUT2D eigenvalue weighted by Gasteiger charge is 2.23. The van der Waals surface area contributed by atoms with Crippen molar-refractivity contribution in [1.29, 1.82) is 0 Å². The van der Waals surface area contributed by atoms with E-state index in [0.717, 1.165) is 5.56 Å². The van der Waals surface area contributed by atoms with E-state index < -0.39 is 0 Å². The van der Waals surface area contributed by atoms with Crippen molar-refractivity contribution in [3.63, 3.8) is 0 Å². The van der Waals surface area contributed by atoms with Crippen LogP contribution in [0.5, 0.6) is 5.75 Å². The summed E-state index contributed by atoms with van der Waals surface area (Å²) in [6.07, 6.45) is 1.67. The number of amides is 2. The number of nitrogens with zero attached hydrogens (tertiary/aromatic N) is 1. The van der Waals surface area contributed by atoms with Crippen LogP contribution < -0.4 is 10.1 Å². The Morgan fingerprint density at radius 3 is 2.46 bits per heavy atom. The van der Waals surface area contributed by atoms with Crippen LogP contribution in [0.2, 0.25) is 0 Å². The Balaban J connectivity index is 1.92. The standard InChI is InChI=1S/C22H24N2O4/c1-2-28-20-11-7-6-10-18(20)16-19(22(26)24-12-14-27-15-13-24)23-21(25)17-8-4-3-5-9-17/h3-11,16H,2,12-15H2,1H3,(H,23,25)/b19-16+. The van der Waals surface area contributed by atoms with E-state index in [1.54, 1.807) is 35.2 Å². The summed E-state index contributed by atoms with van der Waals surface area (Å²) in [5.41, 5.74) is 1.43. The molecule has 1 aliphatic rings. The molecule has 0 aromatic heterocycles. The number of morpholine rings is 1. The number of rotatable bonds is 6. The summed E-state index contributed by atoms with van der Waals surface area (Å²) >= 11 is 0. The Bertz CT molecular complexity index is 843. The topological polar surface area (TPSA) is 67.9 Å². The molecule has 1 heterocycles. The van der Waals surface area contributed by atoms with Gasteiger partial charge >= 0.3 is 0 Å². The van der Waals surface area contributed by atoms with E-state index >= 15 is 0 Å². The van der Waals surface area contributed by atoms with Crippen molar-refractivity contribution in [2.24, 2.45) is 0 Å². The predicted octanol–water partition coefficient (Wildman–Crippen LogP) is 2.72. The second-order valence-corrected chi connectivity index (χ2v) is 6.25. The second kappa shape index (κ2) is 9.71. The van der Waals surface area contributed by atoms with Crippen molar-refractivity contribution in [3.8, 4) is 5.75 Å². The first kappa shape index (κ1) is 19.6. The van der Waals surface area contributed by atoms with Crippen LogP contribution >= 0.6 is 0 Å². The Kier molecular flexibility index (Phi) is 6.81. The zero-order valence-corrected chi connectivity index (χ0v) is 15.9. The van der Waals surface area contributed by atoms with Crippen molar-refractivity contribution in [2.45, 2.75) is 6.92 Å². The maximum Gasteiger partial charge on any atom is 0.270 e. The minimum Gasteiger partial charge on any atom is -0.493 e. The molecule has 0 unspecified atom stereocenters. The molecule has 0 bridgehead atoms. The van der Waals surface area contributed by atoms with Crippen molar-refractivity contribution in [3.05, 3.63) is 71.4 Å². The molecule has 28 heavy (non-hydrogen) atoms. The SMILES string of the molecule is CCOc1ccccc1/C=C(/NC(=O)c1ccccc1)C(=O)N1CCOCC1. The molecule has 2 aromatic rings. The molecule has 0 atom stereocenters. The zero-order chi connectivity index (χ0) is 19.8. The molecule has 2 amide bonds. The van der Waals surface area contributed by atoms with Crippen LogP contribution in [-0.4, -0.2) is 49.6 Å². The van der Waals surface area contributed by atoms with Gasteiger partial charge in [-0.05, 0) is 31.2 Å². The number of hydrogen-bond acceptors (Lipinski definition) is 4. The Morgan fingerprint density at radius 1 is 1.07 bits per heavy atom. The first-order valence-corrected chi connectivity index (χ1v) is 9.36. The molecular formula is C22H24N2O4. The summed E-state index contributed by atoms with van der Waals surface area (Å²) < 4.78 is 11.0. The number of carbonyl (C=O) groups is 2. The van der Waals surface area contributed by atoms with Crippen molar-refractivity contribution in [1.82, 2.24) is 10.2 Å². The van der Waals surface area contributed by atoms with Gasteiger partial charge in [-0.25, -0.2) is 0 Å². The highest BCUT2D eigenvalue weighted by atomic mass is 16.5. The summed E-state index contributed by atoms with van der Waals surface area (Å²) in [5.74, 6) is 0.0903. The van der Waals surface area contributed by atoms with E-state index in [9.17, 15) is 9.59 Å². The Labute approximate surface area is 164 Å². The summed E-state index contributed by atoms with van der Waals surface area (Å²) in [6.45, 7) is 4.36. The zero-order valence-electron chi connectivity index (χ0n) is 15.9. The largest absolute Gasteiger partial charge is 0.493 e. The molecule has 3 rings (SSSR count). The molecular weight excluding hydrogens is 356 g/mol. The summed E-state index contributed by atoms with van der Waals surface area (Å²) in [6, 6.07) is 16.3. The quantitative estimate of drug-likeness (QED) is 0.783. The van der Waals surface area contributed by atoms with E-state index in [-0.39, 0.29) is 17.5 Å². The third kappa shape index (κ3) is 4.98. The molecule has 0 saturated carbocycles. The molecule has 0 aliphatic carbocycles. The first-order chi connectivity index (χ1) is 13.7. The van der Waals surface area contributed by atoms with Gasteiger partial charge in [0, 0.05) is 24.2 Å². The summed E-state index contributed by atoms with van der Waals surface area (Å²) in [5, 5.41) is 2.78. The lowest BCUT2D eigenvalue weighted by molar-refractivity contribution is -0.131. The number of benzene rings is 2. The number of para-hydroxylation sites is 1. The van der Waals surface area contributed by atoms with Crippen LogP contribution in [0.4, 0.5) is 0 Å². The van der Waals surface area contributed by atoms with Gasteiger partial charge in [0.25, 0.3) is 11.8 Å². The van der Waals surface area contributed by atoms with Crippen molar-refractivity contribution >= 4 is 17.9 Å². The molecule has 1 saturated heterocycles. The molecule has 146 valence electrons. The number of nitrogens with one attached hydrogen (secondary N) is 1. The van der Waals surface area contributed by atoms with Gasteiger partial charge in [0.1, 0.15) is 11.4 Å². The maximum absolute atomic E-state index is 13.1. The summed E-state index contributed by atoms with van der Waals surface area (Å²) in [7, 11) is 0. The van der Waals surface area contributed by atoms with Crippen molar-refractivity contribution in [2.75, 3.05) is 32.9 Å². The fourth-order valence-electron chi connectivity index (χ4n) is 2.91. The fraction of sp³-hybridized carbons (Fsp3) is 0.273. The van der Waals surface area contributed by atoms with E-state index in [1.165, 1.54) is 0 Å².